The first-order chi connectivity index (χ1) is 10.0. The van der Waals surface area contributed by atoms with Crippen LogP contribution < -0.4 is 5.14 Å². The summed E-state index contributed by atoms with van der Waals surface area (Å²) in [4.78, 5) is 0. The fourth-order valence-corrected chi connectivity index (χ4v) is 1.63. The van der Waals surface area contributed by atoms with Crippen molar-refractivity contribution in [3.05, 3.63) is 35.1 Å². The summed E-state index contributed by atoms with van der Waals surface area (Å²) in [5, 5.41) is 5.22. The molecule has 0 amide bonds. The van der Waals surface area contributed by atoms with Gasteiger partial charge < -0.3 is 0 Å². The summed E-state index contributed by atoms with van der Waals surface area (Å²) in [7, 11) is 0. The van der Waals surface area contributed by atoms with Gasteiger partial charge in [-0.2, -0.15) is 0 Å². The van der Waals surface area contributed by atoms with Gasteiger partial charge in [-0.05, 0) is 39.2 Å². The summed E-state index contributed by atoms with van der Waals surface area (Å²) >= 11 is 1.38. The molecule has 1 aromatic carbocycles. The van der Waals surface area contributed by atoms with Gasteiger partial charge in [0.25, 0.3) is 5.92 Å². The van der Waals surface area contributed by atoms with E-state index in [9.17, 15) is 13.2 Å². The molecule has 0 heterocycles. The predicted molar refractivity (Wildman–Crippen MR) is 90.7 cm³/mol. The van der Waals surface area contributed by atoms with E-state index in [1.54, 1.807) is 19.9 Å². The van der Waals surface area contributed by atoms with E-state index in [1.807, 2.05) is 0 Å². The quantitative estimate of drug-likeness (QED) is 0.691. The Morgan fingerprint density at radius 3 is 2.05 bits per heavy atom. The van der Waals surface area contributed by atoms with Crippen molar-refractivity contribution in [2.45, 2.75) is 65.1 Å². The maximum absolute atomic E-state index is 13.9. The summed E-state index contributed by atoms with van der Waals surface area (Å²) in [5.41, 5.74) is -0.123. The van der Waals surface area contributed by atoms with Crippen LogP contribution in [0.25, 0.3) is 0 Å². The lowest BCUT2D eigenvalue weighted by Gasteiger charge is -2.24. The highest BCUT2D eigenvalue weighted by molar-refractivity contribution is 7.98. The number of alkyl halides is 2. The molecular formula is C17H28F3NS. The Morgan fingerprint density at radius 1 is 1.18 bits per heavy atom. The normalized spacial score (nSPS) is 13.4. The van der Waals surface area contributed by atoms with E-state index in [0.29, 0.717) is 18.4 Å². The van der Waals surface area contributed by atoms with Crippen LogP contribution in [0.4, 0.5) is 13.2 Å². The molecule has 1 rings (SSSR count). The molecule has 0 aliphatic carbocycles. The Balaban J connectivity index is 0.000000626. The average molecular weight is 335 g/mol. The van der Waals surface area contributed by atoms with Crippen molar-refractivity contribution in [3.63, 3.8) is 0 Å². The second kappa shape index (κ2) is 8.82. The molecule has 0 fully saturated rings. The number of halogens is 3. The van der Waals surface area contributed by atoms with Crippen LogP contribution in [0.3, 0.4) is 0 Å². The molecule has 1 aromatic rings. The van der Waals surface area contributed by atoms with E-state index in [0.717, 1.165) is 0 Å². The summed E-state index contributed by atoms with van der Waals surface area (Å²) in [6.45, 7) is 11.1. The fraction of sp³-hybridized carbons (Fsp3) is 0.647. The van der Waals surface area contributed by atoms with Crippen LogP contribution in [-0.4, -0.2) is 4.75 Å². The molecule has 0 aromatic heterocycles. The van der Waals surface area contributed by atoms with E-state index in [4.69, 9.17) is 5.14 Å². The number of hydrogen-bond donors (Lipinski definition) is 1. The molecular weight excluding hydrogens is 307 g/mol. The van der Waals surface area contributed by atoms with E-state index < -0.39 is 23.2 Å². The lowest BCUT2D eigenvalue weighted by molar-refractivity contribution is -0.0624. The lowest BCUT2D eigenvalue weighted by Crippen LogP contribution is -2.24. The molecule has 0 aliphatic heterocycles. The molecule has 128 valence electrons. The Labute approximate surface area is 137 Å². The van der Waals surface area contributed by atoms with E-state index in [-0.39, 0.29) is 4.75 Å². The second-order valence-electron chi connectivity index (χ2n) is 6.29. The van der Waals surface area contributed by atoms with Crippen molar-refractivity contribution in [1.82, 2.24) is 0 Å². The zero-order valence-electron chi connectivity index (χ0n) is 14.3. The molecule has 0 radical (unpaired) electrons. The smallest absolute Gasteiger partial charge is 0.277 e. The minimum Gasteiger partial charge on any atom is -0.277 e. The largest absolute Gasteiger partial charge is 0.278 e. The van der Waals surface area contributed by atoms with Crippen molar-refractivity contribution in [2.75, 3.05) is 0 Å². The van der Waals surface area contributed by atoms with Gasteiger partial charge in [0, 0.05) is 10.7 Å². The molecule has 0 aliphatic rings. The molecule has 0 saturated carbocycles. The highest BCUT2D eigenvalue weighted by atomic mass is 32.2. The van der Waals surface area contributed by atoms with Gasteiger partial charge in [0.15, 0.2) is 0 Å². The van der Waals surface area contributed by atoms with Crippen molar-refractivity contribution in [3.8, 4) is 0 Å². The third-order valence-electron chi connectivity index (χ3n) is 3.40. The zero-order chi connectivity index (χ0) is 17.6. The number of benzene rings is 1. The molecule has 1 atom stereocenters. The van der Waals surface area contributed by atoms with Crippen LogP contribution in [0.5, 0.6) is 0 Å². The predicted octanol–water partition coefficient (Wildman–Crippen LogP) is 5.92. The Kier molecular flexibility index (Phi) is 8.55. The maximum Gasteiger partial charge on any atom is 0.278 e. The molecule has 22 heavy (non-hydrogen) atoms. The van der Waals surface area contributed by atoms with Gasteiger partial charge in [-0.3, -0.25) is 5.14 Å². The zero-order valence-corrected chi connectivity index (χ0v) is 15.2. The third kappa shape index (κ3) is 6.21. The molecule has 1 nitrogen and oxygen atoms in total. The van der Waals surface area contributed by atoms with Gasteiger partial charge in [-0.15, -0.1) is 0 Å². The van der Waals surface area contributed by atoms with Crippen LogP contribution in [-0.2, 0) is 12.3 Å². The molecule has 1 unspecified atom stereocenters. The van der Waals surface area contributed by atoms with Crippen LogP contribution in [0, 0.1) is 11.7 Å². The van der Waals surface area contributed by atoms with Gasteiger partial charge in [0.2, 0.25) is 0 Å². The van der Waals surface area contributed by atoms with Crippen molar-refractivity contribution in [1.29, 1.82) is 0 Å². The number of nitrogens with two attached hydrogens (primary N) is 1. The maximum atomic E-state index is 13.9. The van der Waals surface area contributed by atoms with Gasteiger partial charge in [0.05, 0.1) is 5.56 Å². The topological polar surface area (TPSA) is 26.0 Å². The summed E-state index contributed by atoms with van der Waals surface area (Å²) in [5.74, 6) is -4.70. The van der Waals surface area contributed by atoms with Crippen molar-refractivity contribution < 1.29 is 13.2 Å². The first-order valence-corrected chi connectivity index (χ1v) is 8.42. The Morgan fingerprint density at radius 2 is 1.68 bits per heavy atom. The number of hydrogen-bond acceptors (Lipinski definition) is 2. The number of rotatable bonds is 4. The van der Waals surface area contributed by atoms with Crippen LogP contribution >= 0.6 is 11.9 Å². The number of aryl methyl sites for hydroxylation is 1. The Bertz CT molecular complexity index is 456. The Hall–Kier alpha value is -0.680. The summed E-state index contributed by atoms with van der Waals surface area (Å²) in [6, 6.07) is 4.22. The van der Waals surface area contributed by atoms with Crippen LogP contribution in [0.15, 0.2) is 18.2 Å². The molecule has 0 bridgehead atoms. The highest BCUT2D eigenvalue weighted by Gasteiger charge is 2.39. The van der Waals surface area contributed by atoms with Gasteiger partial charge in [-0.25, -0.2) is 13.2 Å². The molecule has 0 spiro atoms. The highest BCUT2D eigenvalue weighted by Crippen LogP contribution is 2.39. The first-order valence-electron chi connectivity index (χ1n) is 7.54. The van der Waals surface area contributed by atoms with Crippen LogP contribution in [0.2, 0.25) is 0 Å². The molecule has 2 N–H and O–H groups in total. The third-order valence-corrected chi connectivity index (χ3v) is 4.11. The van der Waals surface area contributed by atoms with E-state index in [1.165, 1.54) is 31.0 Å². The monoisotopic (exact) mass is 335 g/mol. The van der Waals surface area contributed by atoms with Gasteiger partial charge in [-0.1, -0.05) is 50.9 Å². The fourth-order valence-electron chi connectivity index (χ4n) is 1.63. The first kappa shape index (κ1) is 21.3. The van der Waals surface area contributed by atoms with Gasteiger partial charge in [0.1, 0.15) is 5.82 Å². The average Bonchev–Trinajstić information content (AvgIpc) is 2.46. The molecule has 0 saturated heterocycles. The van der Waals surface area contributed by atoms with Crippen LogP contribution in [0.1, 0.15) is 59.1 Å². The molecule has 5 heteroatoms. The minimum atomic E-state index is -3.09. The second-order valence-corrected chi connectivity index (χ2v) is 7.76. The van der Waals surface area contributed by atoms with E-state index >= 15 is 0 Å². The van der Waals surface area contributed by atoms with E-state index in [2.05, 4.69) is 20.8 Å². The van der Waals surface area contributed by atoms with Crippen molar-refractivity contribution in [2.24, 2.45) is 11.1 Å². The van der Waals surface area contributed by atoms with Crippen molar-refractivity contribution >= 4 is 11.9 Å². The summed E-state index contributed by atoms with van der Waals surface area (Å²) < 4.78 is 41.8. The minimum absolute atomic E-state index is 0.236. The standard InChI is InChI=1S/C13H17F3.C4H11NS/c1-4-9(3)13(15,16)11-8-6-7-10(5-2)12(11)14;1-4(2,3)6-5/h6-9H,4-5H2,1-3H3;5H2,1-3H3. The van der Waals surface area contributed by atoms with Gasteiger partial charge >= 0.3 is 0 Å². The summed E-state index contributed by atoms with van der Waals surface area (Å²) in [6.07, 6.45) is 0.749. The SMILES string of the molecule is CC(C)(C)SN.CCc1cccc(C(F)(F)C(C)CC)c1F. The lowest BCUT2D eigenvalue weighted by atomic mass is 9.92.